The van der Waals surface area contributed by atoms with Crippen molar-refractivity contribution in [2.24, 2.45) is 4.99 Å². The third-order valence-corrected chi connectivity index (χ3v) is 3.38. The number of aliphatic imine (C=N–C) groups is 1. The number of halogens is 1. The number of benzene rings is 1. The number of allylic oxidation sites excluding steroid dienone is 2. The molecule has 0 aliphatic heterocycles. The van der Waals surface area contributed by atoms with E-state index >= 15 is 0 Å². The van der Waals surface area contributed by atoms with Gasteiger partial charge in [-0.15, -0.1) is 0 Å². The lowest BCUT2D eigenvalue weighted by Gasteiger charge is -2.11. The van der Waals surface area contributed by atoms with E-state index in [-0.39, 0.29) is 11.3 Å². The van der Waals surface area contributed by atoms with Gasteiger partial charge in [0.25, 0.3) is 0 Å². The Balaban J connectivity index is 2.63. The Kier molecular flexibility index (Phi) is 6.76. The number of nitrogens with zero attached hydrogens (tertiary/aromatic N) is 1. The summed E-state index contributed by atoms with van der Waals surface area (Å²) >= 11 is 0. The molecule has 0 aliphatic rings. The van der Waals surface area contributed by atoms with Crippen LogP contribution in [0.15, 0.2) is 34.3 Å². The van der Waals surface area contributed by atoms with Gasteiger partial charge in [0.1, 0.15) is 0 Å². The van der Waals surface area contributed by atoms with Crippen molar-refractivity contribution in [3.63, 3.8) is 0 Å². The van der Waals surface area contributed by atoms with Crippen LogP contribution < -0.4 is 4.74 Å². The molecule has 120 valence electrons. The smallest absolute Gasteiger partial charge is 0.335 e. The van der Waals surface area contributed by atoms with E-state index in [1.54, 1.807) is 7.05 Å². The van der Waals surface area contributed by atoms with Crippen molar-refractivity contribution in [3.05, 3.63) is 40.7 Å². The van der Waals surface area contributed by atoms with E-state index in [9.17, 15) is 9.18 Å². The molecule has 0 amide bonds. The zero-order chi connectivity index (χ0) is 16.7. The maximum absolute atomic E-state index is 13.6. The summed E-state index contributed by atoms with van der Waals surface area (Å²) in [6.07, 6.45) is 1.48. The Bertz CT molecular complexity index is 602. The Morgan fingerprint density at radius 1 is 1.32 bits per heavy atom. The van der Waals surface area contributed by atoms with Crippen LogP contribution >= 0.6 is 0 Å². The van der Waals surface area contributed by atoms with E-state index in [0.717, 1.165) is 18.2 Å². The summed E-state index contributed by atoms with van der Waals surface area (Å²) in [5.41, 5.74) is 3.36. The highest BCUT2D eigenvalue weighted by atomic mass is 19.1. The van der Waals surface area contributed by atoms with Gasteiger partial charge in [-0.1, -0.05) is 5.57 Å². The van der Waals surface area contributed by atoms with E-state index in [1.807, 2.05) is 20.8 Å². The normalized spacial score (nSPS) is 11.2. The molecule has 0 saturated carbocycles. The van der Waals surface area contributed by atoms with Crippen molar-refractivity contribution in [2.75, 3.05) is 13.7 Å². The number of hydrogen-bond acceptors (Lipinski definition) is 3. The first-order valence-corrected chi connectivity index (χ1v) is 7.12. The molecule has 0 heterocycles. The minimum atomic E-state index is -1.11. The molecule has 4 nitrogen and oxygen atoms in total. The summed E-state index contributed by atoms with van der Waals surface area (Å²) in [6, 6.07) is 3.53. The zero-order valence-electron chi connectivity index (χ0n) is 13.4. The van der Waals surface area contributed by atoms with Crippen molar-refractivity contribution in [3.8, 4) is 5.75 Å². The Morgan fingerprint density at radius 2 is 2.00 bits per heavy atom. The fourth-order valence-electron chi connectivity index (χ4n) is 2.11. The lowest BCUT2D eigenvalue weighted by atomic mass is 10.0. The van der Waals surface area contributed by atoms with E-state index in [0.29, 0.717) is 13.0 Å². The van der Waals surface area contributed by atoms with E-state index in [2.05, 4.69) is 4.99 Å². The van der Waals surface area contributed by atoms with Crippen LogP contribution in [0.1, 0.15) is 44.0 Å². The van der Waals surface area contributed by atoms with Crippen LogP contribution in [-0.2, 0) is 0 Å². The molecule has 0 spiro atoms. The van der Waals surface area contributed by atoms with Crippen molar-refractivity contribution < 1.29 is 19.0 Å². The predicted octanol–water partition coefficient (Wildman–Crippen LogP) is 4.11. The lowest BCUT2D eigenvalue weighted by Crippen LogP contribution is -2.05. The molecule has 1 rings (SSSR count). The number of aromatic carboxylic acids is 1. The van der Waals surface area contributed by atoms with E-state index in [1.165, 1.54) is 23.3 Å². The minimum Gasteiger partial charge on any atom is -0.490 e. The molecule has 0 radical (unpaired) electrons. The molecule has 22 heavy (non-hydrogen) atoms. The second-order valence-electron chi connectivity index (χ2n) is 5.19. The quantitative estimate of drug-likeness (QED) is 0.609. The van der Waals surface area contributed by atoms with Gasteiger partial charge in [-0.2, -0.15) is 0 Å². The number of ether oxygens (including phenoxy) is 1. The highest BCUT2D eigenvalue weighted by Gasteiger charge is 2.10. The van der Waals surface area contributed by atoms with Gasteiger partial charge in [0.05, 0.1) is 12.2 Å². The van der Waals surface area contributed by atoms with Crippen molar-refractivity contribution >= 4 is 11.7 Å². The van der Waals surface area contributed by atoms with E-state index < -0.39 is 11.8 Å². The molecule has 0 fully saturated rings. The van der Waals surface area contributed by atoms with Crippen molar-refractivity contribution in [1.82, 2.24) is 0 Å². The summed E-state index contributed by atoms with van der Waals surface area (Å²) < 4.78 is 19.0. The van der Waals surface area contributed by atoms with Gasteiger partial charge in [0, 0.05) is 12.8 Å². The Labute approximate surface area is 130 Å². The first kappa shape index (κ1) is 17.9. The molecule has 1 aromatic rings. The lowest BCUT2D eigenvalue weighted by molar-refractivity contribution is 0.0696. The van der Waals surface area contributed by atoms with Crippen LogP contribution in [0.3, 0.4) is 0 Å². The van der Waals surface area contributed by atoms with Crippen LogP contribution in [0.2, 0.25) is 0 Å². The molecular weight excluding hydrogens is 285 g/mol. The van der Waals surface area contributed by atoms with Gasteiger partial charge in [0.15, 0.2) is 11.6 Å². The second kappa shape index (κ2) is 8.32. The van der Waals surface area contributed by atoms with Gasteiger partial charge in [-0.05, 0) is 57.4 Å². The molecule has 0 aromatic heterocycles. The zero-order valence-corrected chi connectivity index (χ0v) is 13.4. The largest absolute Gasteiger partial charge is 0.490 e. The van der Waals surface area contributed by atoms with Crippen molar-refractivity contribution in [1.29, 1.82) is 0 Å². The average Bonchev–Trinajstić information content (AvgIpc) is 2.47. The highest BCUT2D eigenvalue weighted by molar-refractivity contribution is 5.98. The number of hydrogen-bond donors (Lipinski definition) is 1. The standard InChI is InChI=1S/C17H22FNO3/c1-11(2)14(12(3)19-4)6-5-9-22-16-10-13(17(20)21)7-8-15(16)18/h7-8,10H,5-6,9H2,1-4H3,(H,20,21). The maximum atomic E-state index is 13.6. The molecule has 0 bridgehead atoms. The average molecular weight is 307 g/mol. The first-order valence-electron chi connectivity index (χ1n) is 7.12. The second-order valence-corrected chi connectivity index (χ2v) is 5.19. The summed E-state index contributed by atoms with van der Waals surface area (Å²) in [7, 11) is 1.75. The van der Waals surface area contributed by atoms with Crippen LogP contribution in [-0.4, -0.2) is 30.4 Å². The monoisotopic (exact) mass is 307 g/mol. The van der Waals surface area contributed by atoms with Crippen LogP contribution in [0.25, 0.3) is 0 Å². The molecule has 1 aromatic carbocycles. The Hall–Kier alpha value is -2.17. The Morgan fingerprint density at radius 3 is 2.55 bits per heavy atom. The molecule has 1 N–H and O–H groups in total. The summed E-state index contributed by atoms with van der Waals surface area (Å²) in [5, 5.41) is 8.90. The topological polar surface area (TPSA) is 58.9 Å². The SMILES string of the molecule is CN=C(C)C(CCCOc1cc(C(=O)O)ccc1F)=C(C)C. The number of rotatable bonds is 7. The molecule has 5 heteroatoms. The van der Waals surface area contributed by atoms with Crippen LogP contribution in [0.4, 0.5) is 4.39 Å². The van der Waals surface area contributed by atoms with Gasteiger partial charge in [0.2, 0.25) is 0 Å². The van der Waals surface area contributed by atoms with Crippen LogP contribution in [0, 0.1) is 5.82 Å². The van der Waals surface area contributed by atoms with E-state index in [4.69, 9.17) is 9.84 Å². The number of carboxylic acids is 1. The maximum Gasteiger partial charge on any atom is 0.335 e. The predicted molar refractivity (Wildman–Crippen MR) is 85.5 cm³/mol. The van der Waals surface area contributed by atoms with Gasteiger partial charge in [-0.25, -0.2) is 9.18 Å². The minimum absolute atomic E-state index is 0.00958. The third-order valence-electron chi connectivity index (χ3n) is 3.38. The first-order chi connectivity index (χ1) is 10.4. The fourth-order valence-corrected chi connectivity index (χ4v) is 2.11. The summed E-state index contributed by atoms with van der Waals surface area (Å²) in [4.78, 5) is 15.1. The highest BCUT2D eigenvalue weighted by Crippen LogP contribution is 2.20. The van der Waals surface area contributed by atoms with Gasteiger partial charge in [-0.3, -0.25) is 4.99 Å². The molecule has 0 saturated heterocycles. The fraction of sp³-hybridized carbons (Fsp3) is 0.412. The van der Waals surface area contributed by atoms with Crippen molar-refractivity contribution in [2.45, 2.75) is 33.6 Å². The summed E-state index contributed by atoms with van der Waals surface area (Å²) in [6.45, 7) is 6.33. The molecule has 0 atom stereocenters. The molecule has 0 unspecified atom stereocenters. The van der Waals surface area contributed by atoms with Gasteiger partial charge >= 0.3 is 5.97 Å². The summed E-state index contributed by atoms with van der Waals surface area (Å²) in [5.74, 6) is -1.69. The van der Waals surface area contributed by atoms with Gasteiger partial charge < -0.3 is 9.84 Å². The number of carboxylic acid groups (broad SMARTS) is 1. The number of carbonyl (C=O) groups is 1. The molecular formula is C17H22FNO3. The van der Waals surface area contributed by atoms with Crippen LogP contribution in [0.5, 0.6) is 5.75 Å². The third kappa shape index (κ3) is 4.98. The molecule has 0 aliphatic carbocycles.